The van der Waals surface area contributed by atoms with E-state index in [1.807, 2.05) is 24.3 Å². The van der Waals surface area contributed by atoms with Crippen LogP contribution in [0.2, 0.25) is 0 Å². The number of benzene rings is 3. The maximum absolute atomic E-state index is 12.8. The molecule has 7 nitrogen and oxygen atoms in total. The van der Waals surface area contributed by atoms with E-state index in [9.17, 15) is 14.9 Å². The number of non-ortho nitro benzene ring substituents is 1. The molecule has 166 valence electrons. The molecule has 0 unspecified atom stereocenters. The first kappa shape index (κ1) is 21.8. The van der Waals surface area contributed by atoms with E-state index in [1.165, 1.54) is 24.3 Å². The third kappa shape index (κ3) is 4.57. The van der Waals surface area contributed by atoms with E-state index in [2.05, 4.69) is 12.1 Å². The van der Waals surface area contributed by atoms with Gasteiger partial charge in [-0.3, -0.25) is 10.1 Å². The van der Waals surface area contributed by atoms with Crippen LogP contribution in [0.3, 0.4) is 0 Å². The lowest BCUT2D eigenvalue weighted by atomic mass is 9.79. The Morgan fingerprint density at radius 1 is 1.03 bits per heavy atom. The van der Waals surface area contributed by atoms with E-state index in [1.54, 1.807) is 7.11 Å². The van der Waals surface area contributed by atoms with Crippen LogP contribution in [-0.2, 0) is 9.47 Å². The van der Waals surface area contributed by atoms with E-state index in [4.69, 9.17) is 14.2 Å². The third-order valence-corrected chi connectivity index (χ3v) is 5.91. The quantitative estimate of drug-likeness (QED) is 0.207. The predicted molar refractivity (Wildman–Crippen MR) is 120 cm³/mol. The number of rotatable bonds is 7. The SMILES string of the molecule is COCOc1ccc2ccccc2c1[C@@H]1CCCC[C@@H]1OC(=O)c1ccc([N+](=O)[O-])cc1. The van der Waals surface area contributed by atoms with E-state index in [0.717, 1.165) is 47.8 Å². The van der Waals surface area contributed by atoms with Gasteiger partial charge in [0.2, 0.25) is 0 Å². The number of fused-ring (bicyclic) bond motifs is 1. The van der Waals surface area contributed by atoms with E-state index >= 15 is 0 Å². The second kappa shape index (κ2) is 9.78. The van der Waals surface area contributed by atoms with Crippen molar-refractivity contribution in [3.05, 3.63) is 81.9 Å². The molecule has 1 aliphatic carbocycles. The zero-order valence-corrected chi connectivity index (χ0v) is 17.9. The maximum atomic E-state index is 12.8. The molecule has 0 saturated heterocycles. The Morgan fingerprint density at radius 2 is 1.78 bits per heavy atom. The lowest BCUT2D eigenvalue weighted by Gasteiger charge is -2.33. The summed E-state index contributed by atoms with van der Waals surface area (Å²) in [5, 5.41) is 13.1. The third-order valence-electron chi connectivity index (χ3n) is 5.91. The molecule has 0 amide bonds. The number of nitro groups is 1. The number of carbonyl (C=O) groups excluding carboxylic acids is 1. The first-order valence-electron chi connectivity index (χ1n) is 10.7. The van der Waals surface area contributed by atoms with Crippen LogP contribution in [0.25, 0.3) is 10.8 Å². The second-order valence-electron chi connectivity index (χ2n) is 7.89. The Kier molecular flexibility index (Phi) is 6.66. The topological polar surface area (TPSA) is 87.9 Å². The van der Waals surface area contributed by atoms with Crippen LogP contribution < -0.4 is 4.74 Å². The molecule has 1 fully saturated rings. The number of hydrogen-bond donors (Lipinski definition) is 0. The molecular formula is C25H25NO6. The van der Waals surface area contributed by atoms with Crippen LogP contribution in [0.4, 0.5) is 5.69 Å². The van der Waals surface area contributed by atoms with Gasteiger partial charge < -0.3 is 14.2 Å². The standard InChI is InChI=1S/C25H25NO6/c1-30-16-31-23-15-12-17-6-2-3-7-20(17)24(23)21-8-4-5-9-22(21)32-25(27)18-10-13-19(14-11-18)26(28)29/h2-3,6-7,10-15,21-22H,4-5,8-9,16H2,1H3/t21-,22+/m1/s1. The van der Waals surface area contributed by atoms with Crippen molar-refractivity contribution in [1.82, 2.24) is 0 Å². The zero-order chi connectivity index (χ0) is 22.5. The van der Waals surface area contributed by atoms with Crippen molar-refractivity contribution < 1.29 is 23.9 Å². The van der Waals surface area contributed by atoms with Gasteiger partial charge in [-0.25, -0.2) is 4.79 Å². The summed E-state index contributed by atoms with van der Waals surface area (Å²) in [6.45, 7) is 0.130. The number of carbonyl (C=O) groups is 1. The molecule has 32 heavy (non-hydrogen) atoms. The van der Waals surface area contributed by atoms with Gasteiger partial charge in [0, 0.05) is 30.7 Å². The molecule has 0 radical (unpaired) electrons. The van der Waals surface area contributed by atoms with Crippen LogP contribution >= 0.6 is 0 Å². The Balaban J connectivity index is 1.65. The summed E-state index contributed by atoms with van der Waals surface area (Å²) in [6, 6.07) is 17.6. The highest BCUT2D eigenvalue weighted by molar-refractivity contribution is 5.90. The maximum Gasteiger partial charge on any atom is 0.338 e. The molecular weight excluding hydrogens is 410 g/mol. The molecule has 1 aliphatic rings. The van der Waals surface area contributed by atoms with Gasteiger partial charge in [0.1, 0.15) is 11.9 Å². The molecule has 3 aromatic carbocycles. The van der Waals surface area contributed by atoms with Crippen LogP contribution in [0, 0.1) is 10.1 Å². The molecule has 2 atom stereocenters. The molecule has 0 heterocycles. The molecule has 1 saturated carbocycles. The second-order valence-corrected chi connectivity index (χ2v) is 7.89. The minimum atomic E-state index is -0.492. The van der Waals surface area contributed by atoms with Gasteiger partial charge in [-0.05, 0) is 48.2 Å². The summed E-state index contributed by atoms with van der Waals surface area (Å²) in [5.74, 6) is 0.230. The summed E-state index contributed by atoms with van der Waals surface area (Å²) in [7, 11) is 1.58. The number of esters is 1. The first-order valence-corrected chi connectivity index (χ1v) is 10.7. The highest BCUT2D eigenvalue weighted by Crippen LogP contribution is 2.43. The van der Waals surface area contributed by atoms with Gasteiger partial charge in [-0.1, -0.05) is 36.8 Å². The summed E-state index contributed by atoms with van der Waals surface area (Å²) in [6.07, 6.45) is 3.30. The van der Waals surface area contributed by atoms with E-state index in [-0.39, 0.29) is 24.5 Å². The van der Waals surface area contributed by atoms with E-state index < -0.39 is 10.9 Å². The molecule has 4 rings (SSSR count). The number of nitrogens with zero attached hydrogens (tertiary/aromatic N) is 1. The highest BCUT2D eigenvalue weighted by atomic mass is 16.7. The van der Waals surface area contributed by atoms with Gasteiger partial charge >= 0.3 is 5.97 Å². The van der Waals surface area contributed by atoms with Gasteiger partial charge in [0.05, 0.1) is 10.5 Å². The number of methoxy groups -OCH3 is 1. The van der Waals surface area contributed by atoms with Gasteiger partial charge in [-0.2, -0.15) is 0 Å². The molecule has 3 aromatic rings. The van der Waals surface area contributed by atoms with Crippen molar-refractivity contribution >= 4 is 22.4 Å². The Bertz CT molecular complexity index is 1110. The molecule has 7 heteroatoms. The van der Waals surface area contributed by atoms with Gasteiger partial charge in [-0.15, -0.1) is 0 Å². The lowest BCUT2D eigenvalue weighted by molar-refractivity contribution is -0.384. The molecule has 0 spiro atoms. The van der Waals surface area contributed by atoms with Gasteiger partial charge in [0.15, 0.2) is 6.79 Å². The fraction of sp³-hybridized carbons (Fsp3) is 0.320. The average Bonchev–Trinajstić information content (AvgIpc) is 2.83. The Labute approximate surface area is 186 Å². The molecule has 0 aromatic heterocycles. The Morgan fingerprint density at radius 3 is 2.53 bits per heavy atom. The Hall–Kier alpha value is -3.45. The average molecular weight is 435 g/mol. The molecule has 0 N–H and O–H groups in total. The summed E-state index contributed by atoms with van der Waals surface area (Å²) in [5.41, 5.74) is 1.27. The predicted octanol–water partition coefficient (Wildman–Crippen LogP) is 5.61. The van der Waals surface area contributed by atoms with Crippen molar-refractivity contribution in [2.75, 3.05) is 13.9 Å². The van der Waals surface area contributed by atoms with Crippen LogP contribution in [0.1, 0.15) is 47.5 Å². The summed E-state index contributed by atoms with van der Waals surface area (Å²) in [4.78, 5) is 23.2. The van der Waals surface area contributed by atoms with Crippen molar-refractivity contribution in [2.45, 2.75) is 37.7 Å². The summed E-state index contributed by atoms with van der Waals surface area (Å²) < 4.78 is 17.0. The fourth-order valence-electron chi connectivity index (χ4n) is 4.40. The van der Waals surface area contributed by atoms with Crippen molar-refractivity contribution in [2.24, 2.45) is 0 Å². The lowest BCUT2D eigenvalue weighted by Crippen LogP contribution is -2.29. The van der Waals surface area contributed by atoms with Crippen LogP contribution in [0.15, 0.2) is 60.7 Å². The fourth-order valence-corrected chi connectivity index (χ4v) is 4.40. The minimum Gasteiger partial charge on any atom is -0.467 e. The zero-order valence-electron chi connectivity index (χ0n) is 17.9. The number of nitro benzene ring substituents is 1. The number of hydrogen-bond acceptors (Lipinski definition) is 6. The molecule has 0 bridgehead atoms. The first-order chi connectivity index (χ1) is 15.6. The monoisotopic (exact) mass is 435 g/mol. The molecule has 0 aliphatic heterocycles. The largest absolute Gasteiger partial charge is 0.467 e. The van der Waals surface area contributed by atoms with Crippen molar-refractivity contribution in [3.8, 4) is 5.75 Å². The summed E-state index contributed by atoms with van der Waals surface area (Å²) >= 11 is 0. The highest BCUT2D eigenvalue weighted by Gasteiger charge is 2.33. The van der Waals surface area contributed by atoms with Crippen molar-refractivity contribution in [1.29, 1.82) is 0 Å². The van der Waals surface area contributed by atoms with Crippen molar-refractivity contribution in [3.63, 3.8) is 0 Å². The normalized spacial score (nSPS) is 18.3. The van der Waals surface area contributed by atoms with Gasteiger partial charge in [0.25, 0.3) is 5.69 Å². The van der Waals surface area contributed by atoms with Crippen LogP contribution in [0.5, 0.6) is 5.75 Å². The van der Waals surface area contributed by atoms with E-state index in [0.29, 0.717) is 5.56 Å². The smallest absolute Gasteiger partial charge is 0.338 e. The van der Waals surface area contributed by atoms with Crippen LogP contribution in [-0.4, -0.2) is 30.9 Å². The number of ether oxygens (including phenoxy) is 3. The minimum absolute atomic E-state index is 0.0243.